The number of halogens is 1. The van der Waals surface area contributed by atoms with Crippen molar-refractivity contribution in [3.05, 3.63) is 59.7 Å². The van der Waals surface area contributed by atoms with Crippen LogP contribution in [0.1, 0.15) is 30.0 Å². The Kier molecular flexibility index (Phi) is 6.90. The Bertz CT molecular complexity index is 1230. The number of piperazine rings is 1. The zero-order valence-corrected chi connectivity index (χ0v) is 19.3. The predicted octanol–water partition coefficient (Wildman–Crippen LogP) is 2.83. The Balaban J connectivity index is 1.29. The molecule has 0 unspecified atom stereocenters. The largest absolute Gasteiger partial charge is 0.454 e. The molecule has 1 fully saturated rings. The Morgan fingerprint density at radius 1 is 1.06 bits per heavy atom. The van der Waals surface area contributed by atoms with Crippen LogP contribution in [0.25, 0.3) is 11.0 Å². The number of aromatic nitrogens is 2. The third-order valence-electron chi connectivity index (χ3n) is 6.02. The summed E-state index contributed by atoms with van der Waals surface area (Å²) in [6, 6.07) is 12.0. The van der Waals surface area contributed by atoms with Crippen molar-refractivity contribution in [1.82, 2.24) is 14.5 Å². The van der Waals surface area contributed by atoms with Gasteiger partial charge in [-0.1, -0.05) is 19.1 Å². The van der Waals surface area contributed by atoms with Crippen molar-refractivity contribution in [3.8, 4) is 0 Å². The summed E-state index contributed by atoms with van der Waals surface area (Å²) in [7, 11) is 0. The highest BCUT2D eigenvalue weighted by molar-refractivity contribution is 5.94. The molecule has 0 saturated carbocycles. The fraction of sp³-hybridized carbons (Fsp3) is 0.360. The van der Waals surface area contributed by atoms with E-state index >= 15 is 0 Å². The molecule has 9 heteroatoms. The Morgan fingerprint density at radius 3 is 2.47 bits per heavy atom. The van der Waals surface area contributed by atoms with Crippen molar-refractivity contribution in [3.63, 3.8) is 0 Å². The molecule has 0 atom stereocenters. The Morgan fingerprint density at radius 2 is 1.79 bits per heavy atom. The minimum Gasteiger partial charge on any atom is -0.454 e. The minimum atomic E-state index is -0.502. The average molecular weight is 467 g/mol. The molecule has 2 heterocycles. The Hall–Kier alpha value is -3.75. The van der Waals surface area contributed by atoms with Crippen molar-refractivity contribution in [2.45, 2.75) is 26.8 Å². The van der Waals surface area contributed by atoms with E-state index in [2.05, 4.69) is 4.98 Å². The quantitative estimate of drug-likeness (QED) is 0.393. The molecule has 1 aromatic heterocycles. The van der Waals surface area contributed by atoms with Gasteiger partial charge in [0.15, 0.2) is 12.4 Å². The van der Waals surface area contributed by atoms with E-state index in [9.17, 15) is 18.8 Å². The van der Waals surface area contributed by atoms with Crippen LogP contribution in [0.15, 0.2) is 42.5 Å². The smallest absolute Gasteiger partial charge is 0.326 e. The molecule has 0 bridgehead atoms. The molecule has 3 aromatic rings. The summed E-state index contributed by atoms with van der Waals surface area (Å²) in [5.41, 5.74) is 2.39. The first-order valence-corrected chi connectivity index (χ1v) is 11.3. The number of ether oxygens (including phenoxy) is 1. The van der Waals surface area contributed by atoms with E-state index in [1.807, 2.05) is 40.7 Å². The van der Waals surface area contributed by atoms with Crippen molar-refractivity contribution in [2.75, 3.05) is 37.7 Å². The number of nitrogens with zero attached hydrogens (tertiary/aromatic N) is 4. The number of hydrogen-bond donors (Lipinski definition) is 0. The summed E-state index contributed by atoms with van der Waals surface area (Å²) in [6.07, 6.45) is 0.670. The van der Waals surface area contributed by atoms with Crippen molar-refractivity contribution in [1.29, 1.82) is 0 Å². The van der Waals surface area contributed by atoms with Crippen molar-refractivity contribution >= 4 is 34.4 Å². The number of aryl methyl sites for hydroxylation is 1. The molecule has 34 heavy (non-hydrogen) atoms. The number of carbonyl (C=O) groups excluding carboxylic acids is 3. The van der Waals surface area contributed by atoms with Crippen LogP contribution in [0.3, 0.4) is 0 Å². The van der Waals surface area contributed by atoms with E-state index < -0.39 is 11.8 Å². The van der Waals surface area contributed by atoms with Crippen LogP contribution in [0.2, 0.25) is 0 Å². The van der Waals surface area contributed by atoms with Gasteiger partial charge in [-0.25, -0.2) is 9.37 Å². The molecule has 0 spiro atoms. The maximum Gasteiger partial charge on any atom is 0.326 e. The van der Waals surface area contributed by atoms with E-state index in [1.165, 1.54) is 13.0 Å². The van der Waals surface area contributed by atoms with E-state index in [-0.39, 0.29) is 24.8 Å². The first-order chi connectivity index (χ1) is 16.4. The fourth-order valence-corrected chi connectivity index (χ4v) is 4.16. The molecule has 1 aliphatic heterocycles. The third kappa shape index (κ3) is 4.93. The number of anilines is 1. The lowest BCUT2D eigenvalue weighted by Gasteiger charge is -2.36. The molecule has 0 N–H and O–H groups in total. The van der Waals surface area contributed by atoms with Crippen LogP contribution in [0, 0.1) is 5.82 Å². The first kappa shape index (κ1) is 23.4. The lowest BCUT2D eigenvalue weighted by molar-refractivity contribution is -0.152. The number of carbonyl (C=O) groups is 3. The summed E-state index contributed by atoms with van der Waals surface area (Å²) in [4.78, 5) is 44.4. The van der Waals surface area contributed by atoms with Gasteiger partial charge < -0.3 is 19.1 Å². The van der Waals surface area contributed by atoms with Gasteiger partial charge in [-0.3, -0.25) is 14.4 Å². The number of imidazole rings is 1. The number of Topliss-reactive ketones (excluding diaryl/α,β-unsaturated/α-hetero) is 1. The highest BCUT2D eigenvalue weighted by Gasteiger charge is 2.24. The van der Waals surface area contributed by atoms with Gasteiger partial charge in [0.2, 0.25) is 0 Å². The number of para-hydroxylation sites is 2. The molecule has 8 nitrogen and oxygen atoms in total. The first-order valence-electron chi connectivity index (χ1n) is 11.3. The summed E-state index contributed by atoms with van der Waals surface area (Å²) in [5, 5.41) is 0. The minimum absolute atomic E-state index is 0.0136. The zero-order chi connectivity index (χ0) is 24.2. The van der Waals surface area contributed by atoms with Crippen LogP contribution < -0.4 is 4.90 Å². The summed E-state index contributed by atoms with van der Waals surface area (Å²) in [5.74, 6) is -0.657. The Labute approximate surface area is 196 Å². The summed E-state index contributed by atoms with van der Waals surface area (Å²) in [6.45, 7) is 4.66. The van der Waals surface area contributed by atoms with Crippen LogP contribution in [-0.4, -0.2) is 64.9 Å². The second-order valence-electron chi connectivity index (χ2n) is 8.21. The number of esters is 1. The number of rotatable bonds is 7. The van der Waals surface area contributed by atoms with Crippen LogP contribution >= 0.6 is 0 Å². The third-order valence-corrected chi connectivity index (χ3v) is 6.02. The number of fused-ring (bicyclic) bond motifs is 1. The molecular formula is C25H27FN4O4. The average Bonchev–Trinajstić information content (AvgIpc) is 3.20. The SMILES string of the molecule is CCc1nc2ccccc2n1CC(=O)OCC(=O)N1CCN(c2ccc(C(C)=O)cc2F)CC1. The molecule has 1 aliphatic rings. The number of hydrogen-bond acceptors (Lipinski definition) is 6. The topological polar surface area (TPSA) is 84.7 Å². The highest BCUT2D eigenvalue weighted by Crippen LogP contribution is 2.22. The van der Waals surface area contributed by atoms with Crippen LogP contribution in [-0.2, 0) is 27.3 Å². The predicted molar refractivity (Wildman–Crippen MR) is 125 cm³/mol. The molecule has 0 radical (unpaired) electrons. The van der Waals surface area contributed by atoms with Crippen LogP contribution in [0.4, 0.5) is 10.1 Å². The van der Waals surface area contributed by atoms with Crippen molar-refractivity contribution < 1.29 is 23.5 Å². The molecule has 0 aliphatic carbocycles. The van der Waals surface area contributed by atoms with Crippen molar-refractivity contribution in [2.24, 2.45) is 0 Å². The molecular weight excluding hydrogens is 439 g/mol. The molecule has 178 valence electrons. The van der Waals surface area contributed by atoms with E-state index in [0.29, 0.717) is 43.9 Å². The number of ketones is 1. The van der Waals surface area contributed by atoms with E-state index in [0.717, 1.165) is 16.9 Å². The molecule has 2 aromatic carbocycles. The van der Waals surface area contributed by atoms with Gasteiger partial charge in [-0.15, -0.1) is 0 Å². The van der Waals surface area contributed by atoms with Gasteiger partial charge in [0, 0.05) is 38.2 Å². The van der Waals surface area contributed by atoms with Gasteiger partial charge in [0.1, 0.15) is 18.2 Å². The molecule has 1 saturated heterocycles. The van der Waals surface area contributed by atoms with Crippen LogP contribution in [0.5, 0.6) is 0 Å². The van der Waals surface area contributed by atoms with Gasteiger partial charge in [0.25, 0.3) is 5.91 Å². The standard InChI is InChI=1S/C25H27FN4O4/c1-3-23-27-20-6-4-5-7-22(20)30(23)15-25(33)34-16-24(32)29-12-10-28(11-13-29)21-9-8-18(17(2)31)14-19(21)26/h4-9,14H,3,10-13,15-16H2,1-2H3. The molecule has 4 rings (SSSR count). The zero-order valence-electron chi connectivity index (χ0n) is 19.3. The molecule has 1 amide bonds. The van der Waals surface area contributed by atoms with Gasteiger partial charge in [-0.2, -0.15) is 0 Å². The van der Waals surface area contributed by atoms with E-state index in [4.69, 9.17) is 4.74 Å². The van der Waals surface area contributed by atoms with Gasteiger partial charge in [0.05, 0.1) is 16.7 Å². The number of benzene rings is 2. The summed E-state index contributed by atoms with van der Waals surface area (Å²) >= 11 is 0. The monoisotopic (exact) mass is 466 g/mol. The maximum absolute atomic E-state index is 14.4. The second-order valence-corrected chi connectivity index (χ2v) is 8.21. The van der Waals surface area contributed by atoms with Gasteiger partial charge >= 0.3 is 5.97 Å². The second kappa shape index (κ2) is 10.0. The lowest BCUT2D eigenvalue weighted by atomic mass is 10.1. The fourth-order valence-electron chi connectivity index (χ4n) is 4.16. The number of amides is 1. The van der Waals surface area contributed by atoms with E-state index in [1.54, 1.807) is 17.0 Å². The summed E-state index contributed by atoms with van der Waals surface area (Å²) < 4.78 is 21.5. The lowest BCUT2D eigenvalue weighted by Crippen LogP contribution is -2.50. The van der Waals surface area contributed by atoms with Gasteiger partial charge in [-0.05, 0) is 37.3 Å². The normalized spacial score (nSPS) is 13.9. The maximum atomic E-state index is 14.4. The highest BCUT2D eigenvalue weighted by atomic mass is 19.1.